The minimum Gasteiger partial charge on any atom is -0.478 e. The molecular formula is C16H10N2O5. The van der Waals surface area contributed by atoms with Crippen molar-refractivity contribution in [2.75, 3.05) is 0 Å². The van der Waals surface area contributed by atoms with E-state index in [-0.39, 0.29) is 28.5 Å². The van der Waals surface area contributed by atoms with Crippen molar-refractivity contribution in [2.45, 2.75) is 0 Å². The third kappa shape index (κ3) is 2.67. The van der Waals surface area contributed by atoms with Crippen molar-refractivity contribution in [3.63, 3.8) is 0 Å². The van der Waals surface area contributed by atoms with Crippen LogP contribution in [0.2, 0.25) is 0 Å². The highest BCUT2D eigenvalue weighted by molar-refractivity contribution is 5.94. The molecule has 23 heavy (non-hydrogen) atoms. The predicted molar refractivity (Wildman–Crippen MR) is 81.0 cm³/mol. The van der Waals surface area contributed by atoms with Gasteiger partial charge in [0.15, 0.2) is 5.76 Å². The number of aromatic carboxylic acids is 1. The minimum absolute atomic E-state index is 0.0449. The molecule has 2 aromatic carbocycles. The first kappa shape index (κ1) is 14.5. The molecule has 1 N–H and O–H groups in total. The molecule has 0 saturated carbocycles. The molecule has 0 spiro atoms. The molecule has 0 bridgehead atoms. The lowest BCUT2D eigenvalue weighted by molar-refractivity contribution is -0.384. The Morgan fingerprint density at radius 2 is 1.74 bits per heavy atom. The molecule has 3 aromatic rings. The van der Waals surface area contributed by atoms with Crippen molar-refractivity contribution in [2.24, 2.45) is 0 Å². The average molecular weight is 310 g/mol. The maximum atomic E-state index is 11.3. The summed E-state index contributed by atoms with van der Waals surface area (Å²) in [5, 5.41) is 20.3. The van der Waals surface area contributed by atoms with Crippen LogP contribution in [0.25, 0.3) is 22.8 Å². The van der Waals surface area contributed by atoms with E-state index in [1.54, 1.807) is 36.4 Å². The van der Waals surface area contributed by atoms with E-state index in [2.05, 4.69) is 4.98 Å². The Morgan fingerprint density at radius 1 is 1.09 bits per heavy atom. The van der Waals surface area contributed by atoms with Crippen LogP contribution in [-0.2, 0) is 0 Å². The average Bonchev–Trinajstić information content (AvgIpc) is 3.04. The Labute approximate surface area is 130 Å². The number of aromatic nitrogens is 1. The number of hydrogen-bond acceptors (Lipinski definition) is 5. The van der Waals surface area contributed by atoms with Crippen LogP contribution < -0.4 is 0 Å². The van der Waals surface area contributed by atoms with E-state index in [0.29, 0.717) is 5.56 Å². The van der Waals surface area contributed by atoms with E-state index >= 15 is 0 Å². The van der Waals surface area contributed by atoms with Gasteiger partial charge < -0.3 is 9.52 Å². The molecule has 1 aromatic heterocycles. The number of carboxylic acids is 1. The fraction of sp³-hybridized carbons (Fsp3) is 0. The quantitative estimate of drug-likeness (QED) is 0.582. The summed E-state index contributed by atoms with van der Waals surface area (Å²) >= 11 is 0. The first-order valence-corrected chi connectivity index (χ1v) is 6.60. The summed E-state index contributed by atoms with van der Waals surface area (Å²) in [6.07, 6.45) is 1.34. The van der Waals surface area contributed by atoms with E-state index in [9.17, 15) is 20.0 Å². The molecule has 0 radical (unpaired) electrons. The van der Waals surface area contributed by atoms with Gasteiger partial charge in [0.05, 0.1) is 27.8 Å². The summed E-state index contributed by atoms with van der Waals surface area (Å²) in [5.41, 5.74) is 0.527. The third-order valence-corrected chi connectivity index (χ3v) is 3.26. The van der Waals surface area contributed by atoms with Crippen LogP contribution >= 0.6 is 0 Å². The molecule has 0 aliphatic heterocycles. The first-order chi connectivity index (χ1) is 11.1. The molecule has 3 rings (SSSR count). The van der Waals surface area contributed by atoms with Crippen molar-refractivity contribution in [3.8, 4) is 22.8 Å². The lowest BCUT2D eigenvalue weighted by atomic mass is 10.1. The van der Waals surface area contributed by atoms with Crippen LogP contribution in [0.3, 0.4) is 0 Å². The normalized spacial score (nSPS) is 10.4. The number of nitro groups is 1. The van der Waals surface area contributed by atoms with Crippen molar-refractivity contribution in [1.29, 1.82) is 0 Å². The van der Waals surface area contributed by atoms with Crippen LogP contribution in [0.5, 0.6) is 0 Å². The largest absolute Gasteiger partial charge is 0.478 e. The summed E-state index contributed by atoms with van der Waals surface area (Å²) in [5.74, 6) is -0.810. The van der Waals surface area contributed by atoms with E-state index in [0.717, 1.165) is 0 Å². The summed E-state index contributed by atoms with van der Waals surface area (Å²) in [4.78, 5) is 25.9. The van der Waals surface area contributed by atoms with Crippen LogP contribution in [0.15, 0.2) is 59.1 Å². The number of benzene rings is 2. The zero-order valence-corrected chi connectivity index (χ0v) is 11.7. The van der Waals surface area contributed by atoms with Gasteiger partial charge in [-0.25, -0.2) is 9.78 Å². The zero-order chi connectivity index (χ0) is 16.4. The Kier molecular flexibility index (Phi) is 3.60. The molecule has 0 amide bonds. The summed E-state index contributed by atoms with van der Waals surface area (Å²) in [6, 6.07) is 12.4. The Balaban J connectivity index is 2.09. The molecule has 114 valence electrons. The second-order valence-corrected chi connectivity index (χ2v) is 4.65. The van der Waals surface area contributed by atoms with Crippen LogP contribution in [0.1, 0.15) is 10.4 Å². The van der Waals surface area contributed by atoms with Gasteiger partial charge in [-0.1, -0.05) is 24.3 Å². The van der Waals surface area contributed by atoms with Gasteiger partial charge in [0.25, 0.3) is 5.69 Å². The van der Waals surface area contributed by atoms with Gasteiger partial charge in [0.2, 0.25) is 5.89 Å². The van der Waals surface area contributed by atoms with Crippen LogP contribution in [0.4, 0.5) is 5.69 Å². The van der Waals surface area contributed by atoms with Gasteiger partial charge in [0, 0.05) is 6.07 Å². The Morgan fingerprint density at radius 3 is 2.43 bits per heavy atom. The number of oxazole rings is 1. The molecular weight excluding hydrogens is 300 g/mol. The van der Waals surface area contributed by atoms with E-state index in [4.69, 9.17) is 4.42 Å². The van der Waals surface area contributed by atoms with Crippen molar-refractivity contribution in [1.82, 2.24) is 4.98 Å². The molecule has 0 saturated heterocycles. The number of rotatable bonds is 4. The van der Waals surface area contributed by atoms with Gasteiger partial charge in [-0.05, 0) is 18.2 Å². The standard InChI is InChI=1S/C16H10N2O5/c19-16(20)11-6-2-1-5-10(11)15-17-9-14(23-15)12-7-3-4-8-13(12)18(21)22/h1-9H,(H,19,20). The maximum absolute atomic E-state index is 11.3. The molecule has 0 aliphatic carbocycles. The summed E-state index contributed by atoms with van der Waals surface area (Å²) in [7, 11) is 0. The van der Waals surface area contributed by atoms with E-state index in [1.165, 1.54) is 18.3 Å². The SMILES string of the molecule is O=C(O)c1ccccc1-c1ncc(-c2ccccc2[N+](=O)[O-])o1. The minimum atomic E-state index is -1.11. The third-order valence-electron chi connectivity index (χ3n) is 3.26. The monoisotopic (exact) mass is 310 g/mol. The fourth-order valence-corrected chi connectivity index (χ4v) is 2.22. The van der Waals surface area contributed by atoms with Gasteiger partial charge >= 0.3 is 5.97 Å². The Bertz CT molecular complexity index is 829. The van der Waals surface area contributed by atoms with Crippen LogP contribution in [0, 0.1) is 10.1 Å². The summed E-state index contributed by atoms with van der Waals surface area (Å²) in [6.45, 7) is 0. The topological polar surface area (TPSA) is 106 Å². The lowest BCUT2D eigenvalue weighted by Crippen LogP contribution is -1.98. The number of nitro benzene ring substituents is 1. The highest BCUT2D eigenvalue weighted by atomic mass is 16.6. The highest BCUT2D eigenvalue weighted by Gasteiger charge is 2.20. The highest BCUT2D eigenvalue weighted by Crippen LogP contribution is 2.33. The van der Waals surface area contributed by atoms with E-state index < -0.39 is 10.9 Å². The molecule has 7 nitrogen and oxygen atoms in total. The number of carboxylic acid groups (broad SMARTS) is 1. The molecule has 0 unspecified atom stereocenters. The molecule has 0 fully saturated rings. The first-order valence-electron chi connectivity index (χ1n) is 6.60. The van der Waals surface area contributed by atoms with Crippen molar-refractivity contribution in [3.05, 3.63) is 70.4 Å². The predicted octanol–water partition coefficient (Wildman–Crippen LogP) is 3.62. The van der Waals surface area contributed by atoms with Gasteiger partial charge in [0.1, 0.15) is 0 Å². The smallest absolute Gasteiger partial charge is 0.336 e. The second-order valence-electron chi connectivity index (χ2n) is 4.65. The molecule has 1 heterocycles. The number of nitrogens with zero attached hydrogens (tertiary/aromatic N) is 2. The molecule has 7 heteroatoms. The Hall–Kier alpha value is -3.48. The summed E-state index contributed by atoms with van der Waals surface area (Å²) < 4.78 is 5.56. The number of para-hydroxylation sites is 1. The van der Waals surface area contributed by atoms with Gasteiger partial charge in [-0.3, -0.25) is 10.1 Å². The van der Waals surface area contributed by atoms with Gasteiger partial charge in [-0.15, -0.1) is 0 Å². The van der Waals surface area contributed by atoms with Crippen molar-refractivity contribution >= 4 is 11.7 Å². The van der Waals surface area contributed by atoms with E-state index in [1.807, 2.05) is 0 Å². The van der Waals surface area contributed by atoms with Crippen molar-refractivity contribution < 1.29 is 19.2 Å². The second kappa shape index (κ2) is 5.72. The maximum Gasteiger partial charge on any atom is 0.336 e. The zero-order valence-electron chi connectivity index (χ0n) is 11.7. The number of hydrogen-bond donors (Lipinski definition) is 1. The van der Waals surface area contributed by atoms with Gasteiger partial charge in [-0.2, -0.15) is 0 Å². The van der Waals surface area contributed by atoms with Crippen LogP contribution in [-0.4, -0.2) is 21.0 Å². The molecule has 0 atom stereocenters. The number of carbonyl (C=O) groups is 1. The fourth-order valence-electron chi connectivity index (χ4n) is 2.22. The molecule has 0 aliphatic rings. The lowest BCUT2D eigenvalue weighted by Gasteiger charge is -2.01.